The minimum Gasteiger partial charge on any atom is -0.478 e. The number of carboxylic acids is 1. The van der Waals surface area contributed by atoms with E-state index in [1.165, 1.54) is 0 Å². The topological polar surface area (TPSA) is 55.1 Å². The molecule has 0 aliphatic rings. The van der Waals surface area contributed by atoms with Gasteiger partial charge in [-0.15, -0.1) is 0 Å². The first-order valence-electron chi connectivity index (χ1n) is 9.35. The number of nitrogens with zero attached hydrogens (tertiary/aromatic N) is 2. The van der Waals surface area contributed by atoms with E-state index in [0.717, 1.165) is 26.9 Å². The van der Waals surface area contributed by atoms with Crippen LogP contribution in [0.1, 0.15) is 23.0 Å². The third-order valence-corrected chi connectivity index (χ3v) is 5.34. The number of aromatic nitrogens is 2. The van der Waals surface area contributed by atoms with Crippen LogP contribution in [0.25, 0.3) is 28.1 Å². The summed E-state index contributed by atoms with van der Waals surface area (Å²) in [5.41, 5.74) is 5.21. The zero-order valence-electron chi connectivity index (χ0n) is 15.8. The normalized spacial score (nSPS) is 10.8. The van der Waals surface area contributed by atoms with Crippen LogP contribution in [0.3, 0.4) is 0 Å². The van der Waals surface area contributed by atoms with Crippen LogP contribution < -0.4 is 0 Å². The Morgan fingerprint density at radius 3 is 2.21 bits per heavy atom. The fraction of sp³-hybridized carbons (Fsp3) is 0.0833. The summed E-state index contributed by atoms with van der Waals surface area (Å²) in [6.07, 6.45) is 0.559. The zero-order valence-corrected chi connectivity index (χ0v) is 17.4. The second-order valence-electron chi connectivity index (χ2n) is 6.66. The lowest BCUT2D eigenvalue weighted by Gasteiger charge is -2.06. The lowest BCUT2D eigenvalue weighted by atomic mass is 10.0. The van der Waals surface area contributed by atoms with Gasteiger partial charge in [0.05, 0.1) is 11.4 Å². The van der Waals surface area contributed by atoms with E-state index in [1.807, 2.05) is 73.7 Å². The average molecular weight is 447 g/mol. The minimum atomic E-state index is -0.967. The second kappa shape index (κ2) is 8.05. The first-order valence-corrected chi connectivity index (χ1v) is 10.1. The van der Waals surface area contributed by atoms with Crippen LogP contribution >= 0.6 is 15.9 Å². The maximum Gasteiger partial charge on any atom is 0.339 e. The number of carbonyl (C=O) groups is 1. The summed E-state index contributed by atoms with van der Waals surface area (Å²) in [6.45, 7) is 1.94. The fourth-order valence-corrected chi connectivity index (χ4v) is 3.87. The number of aromatic carboxylic acids is 1. The molecule has 5 heteroatoms. The van der Waals surface area contributed by atoms with E-state index in [-0.39, 0.29) is 5.56 Å². The van der Waals surface area contributed by atoms with Gasteiger partial charge in [-0.2, -0.15) is 5.10 Å². The molecule has 0 aliphatic heterocycles. The maximum absolute atomic E-state index is 12.1. The third kappa shape index (κ3) is 3.74. The maximum atomic E-state index is 12.1. The summed E-state index contributed by atoms with van der Waals surface area (Å²) in [6, 6.07) is 25.6. The van der Waals surface area contributed by atoms with Gasteiger partial charge in [0.15, 0.2) is 0 Å². The Morgan fingerprint density at radius 1 is 0.931 bits per heavy atom. The molecule has 1 aromatic heterocycles. The highest BCUT2D eigenvalue weighted by Crippen LogP contribution is 2.30. The van der Waals surface area contributed by atoms with Gasteiger partial charge in [-0.1, -0.05) is 83.5 Å². The molecule has 29 heavy (non-hydrogen) atoms. The van der Waals surface area contributed by atoms with Gasteiger partial charge in [-0.3, -0.25) is 0 Å². The second-order valence-corrected chi connectivity index (χ2v) is 7.58. The lowest BCUT2D eigenvalue weighted by Crippen LogP contribution is -2.05. The molecule has 0 bridgehead atoms. The molecule has 0 amide bonds. The number of carboxylic acid groups (broad SMARTS) is 1. The molecule has 0 saturated carbocycles. The van der Waals surface area contributed by atoms with Gasteiger partial charge >= 0.3 is 5.97 Å². The molecule has 4 rings (SSSR count). The lowest BCUT2D eigenvalue weighted by molar-refractivity contribution is 0.0696. The number of hydrogen-bond donors (Lipinski definition) is 1. The smallest absolute Gasteiger partial charge is 0.339 e. The van der Waals surface area contributed by atoms with Crippen LogP contribution in [0, 0.1) is 0 Å². The third-order valence-electron chi connectivity index (χ3n) is 4.85. The molecule has 0 aliphatic carbocycles. The Hall–Kier alpha value is -3.18. The van der Waals surface area contributed by atoms with E-state index in [0.29, 0.717) is 17.8 Å². The molecule has 1 heterocycles. The van der Waals surface area contributed by atoms with Crippen molar-refractivity contribution in [2.75, 3.05) is 0 Å². The Bertz CT molecular complexity index is 1170. The van der Waals surface area contributed by atoms with Crippen molar-refractivity contribution in [3.05, 3.63) is 94.6 Å². The first-order chi connectivity index (χ1) is 14.1. The predicted molar refractivity (Wildman–Crippen MR) is 118 cm³/mol. The minimum absolute atomic E-state index is 0.250. The molecule has 144 valence electrons. The molecule has 3 aromatic carbocycles. The van der Waals surface area contributed by atoms with Crippen molar-refractivity contribution in [3.8, 4) is 28.1 Å². The molecule has 0 saturated heterocycles. The highest BCUT2D eigenvalue weighted by atomic mass is 79.9. The van der Waals surface area contributed by atoms with E-state index in [1.54, 1.807) is 4.68 Å². The Morgan fingerprint density at radius 2 is 1.59 bits per heavy atom. The summed E-state index contributed by atoms with van der Waals surface area (Å²) in [7, 11) is 0. The van der Waals surface area contributed by atoms with Crippen LogP contribution in [0.2, 0.25) is 0 Å². The summed E-state index contributed by atoms with van der Waals surface area (Å²) >= 11 is 3.48. The summed E-state index contributed by atoms with van der Waals surface area (Å²) < 4.78 is 2.65. The highest BCUT2D eigenvalue weighted by Gasteiger charge is 2.24. The van der Waals surface area contributed by atoms with E-state index < -0.39 is 5.97 Å². The van der Waals surface area contributed by atoms with E-state index in [2.05, 4.69) is 28.1 Å². The molecule has 0 fully saturated rings. The summed E-state index contributed by atoms with van der Waals surface area (Å²) in [4.78, 5) is 12.1. The Kier molecular flexibility index (Phi) is 5.32. The SMILES string of the molecule is CCc1c(C(=O)O)c(-c2ccc(-c3ccccc3)cc2)nn1-c1cccc(Br)c1. The van der Waals surface area contributed by atoms with Gasteiger partial charge in [-0.25, -0.2) is 9.48 Å². The van der Waals surface area contributed by atoms with Gasteiger partial charge in [0, 0.05) is 10.0 Å². The zero-order chi connectivity index (χ0) is 20.4. The highest BCUT2D eigenvalue weighted by molar-refractivity contribution is 9.10. The summed E-state index contributed by atoms with van der Waals surface area (Å²) in [5.74, 6) is -0.967. The number of halogens is 1. The molecule has 0 unspecified atom stereocenters. The van der Waals surface area contributed by atoms with Crippen LogP contribution in [-0.2, 0) is 6.42 Å². The fourth-order valence-electron chi connectivity index (χ4n) is 3.48. The molecule has 4 aromatic rings. The predicted octanol–water partition coefficient (Wildman–Crippen LogP) is 6.23. The quantitative estimate of drug-likeness (QED) is 0.395. The molecular weight excluding hydrogens is 428 g/mol. The van der Waals surface area contributed by atoms with E-state index >= 15 is 0 Å². The molecule has 0 atom stereocenters. The van der Waals surface area contributed by atoms with Crippen molar-refractivity contribution in [1.82, 2.24) is 9.78 Å². The number of benzene rings is 3. The van der Waals surface area contributed by atoms with Gasteiger partial charge < -0.3 is 5.11 Å². The molecule has 1 N–H and O–H groups in total. The first kappa shape index (κ1) is 19.2. The van der Waals surface area contributed by atoms with Crippen LogP contribution in [0.4, 0.5) is 0 Å². The Labute approximate surface area is 177 Å². The van der Waals surface area contributed by atoms with Crippen LogP contribution in [0.5, 0.6) is 0 Å². The molecule has 0 spiro atoms. The van der Waals surface area contributed by atoms with Gasteiger partial charge in [0.25, 0.3) is 0 Å². The van der Waals surface area contributed by atoms with Crippen molar-refractivity contribution in [2.45, 2.75) is 13.3 Å². The monoisotopic (exact) mass is 446 g/mol. The van der Waals surface area contributed by atoms with Crippen molar-refractivity contribution in [2.24, 2.45) is 0 Å². The number of hydrogen-bond acceptors (Lipinski definition) is 2. The number of rotatable bonds is 5. The molecule has 4 nitrogen and oxygen atoms in total. The van der Waals surface area contributed by atoms with Gasteiger partial charge in [0.1, 0.15) is 11.3 Å². The largest absolute Gasteiger partial charge is 0.478 e. The van der Waals surface area contributed by atoms with E-state index in [4.69, 9.17) is 5.10 Å². The van der Waals surface area contributed by atoms with Crippen LogP contribution in [-0.4, -0.2) is 20.9 Å². The summed E-state index contributed by atoms with van der Waals surface area (Å²) in [5, 5.41) is 14.6. The van der Waals surface area contributed by atoms with Gasteiger partial charge in [0.2, 0.25) is 0 Å². The van der Waals surface area contributed by atoms with E-state index in [9.17, 15) is 9.90 Å². The molecular formula is C24H19BrN2O2. The standard InChI is InChI=1S/C24H19BrN2O2/c1-2-21-22(24(28)29)23(26-27(21)20-10-6-9-19(25)15-20)18-13-11-17(12-14-18)16-7-4-3-5-8-16/h3-15H,2H2,1H3,(H,28,29). The van der Waals surface area contributed by atoms with Crippen molar-refractivity contribution in [1.29, 1.82) is 0 Å². The van der Waals surface area contributed by atoms with Crippen molar-refractivity contribution < 1.29 is 9.90 Å². The van der Waals surface area contributed by atoms with Crippen LogP contribution in [0.15, 0.2) is 83.3 Å². The van der Waals surface area contributed by atoms with Gasteiger partial charge in [-0.05, 0) is 35.7 Å². The Balaban J connectivity index is 1.84. The van der Waals surface area contributed by atoms with Crippen molar-refractivity contribution in [3.63, 3.8) is 0 Å². The average Bonchev–Trinajstić information content (AvgIpc) is 3.14. The van der Waals surface area contributed by atoms with Crippen molar-refractivity contribution >= 4 is 21.9 Å². The molecule has 0 radical (unpaired) electrons.